The highest BCUT2D eigenvalue weighted by molar-refractivity contribution is 5.76. The van der Waals surface area contributed by atoms with Crippen molar-refractivity contribution >= 4 is 5.91 Å². The van der Waals surface area contributed by atoms with E-state index in [1.807, 2.05) is 6.08 Å². The maximum atomic E-state index is 13.5. The molecule has 3 rings (SSSR count). The number of allylic oxidation sites excluding steroid dienone is 19. The summed E-state index contributed by atoms with van der Waals surface area (Å²) in [5.74, 6) is -0.276. The van der Waals surface area contributed by atoms with Crippen LogP contribution in [0.1, 0.15) is 367 Å². The summed E-state index contributed by atoms with van der Waals surface area (Å²) in [6.45, 7) is 1.67. The SMILES string of the molecule is CC/C=C\C/C=C\C/C=C\C/C=C\C/C=C\C/C=C\C/C=C\C/C=C\C/C=C\CCCCCCCCCCCCCCCC(=O)NC(COC1OC(CO)C(OC2OC(CO)C(OC3OC(CO)C(O)C(O)C3O)C(O)C2O)C(O)C1O)C(O)/C=C/CCCCCCCCCCCCCCCCCCCCCCCCCCCCCCCC. The summed E-state index contributed by atoms with van der Waals surface area (Å²) in [5.41, 5.74) is 0. The minimum absolute atomic E-state index is 0.237. The molecule has 0 aliphatic carbocycles. The van der Waals surface area contributed by atoms with E-state index in [0.717, 1.165) is 116 Å². The Balaban J connectivity index is 1.31. The first-order valence-corrected chi connectivity index (χ1v) is 47.8. The van der Waals surface area contributed by atoms with Gasteiger partial charge in [0.15, 0.2) is 18.9 Å². The van der Waals surface area contributed by atoms with Gasteiger partial charge in [-0.1, -0.05) is 392 Å². The number of rotatable bonds is 77. The summed E-state index contributed by atoms with van der Waals surface area (Å²) in [5, 5.41) is 121. The fourth-order valence-electron chi connectivity index (χ4n) is 15.5. The second-order valence-electron chi connectivity index (χ2n) is 33.5. The van der Waals surface area contributed by atoms with Crippen molar-refractivity contribution < 1.29 is 89.4 Å². The molecule has 17 unspecified atom stereocenters. The van der Waals surface area contributed by atoms with Gasteiger partial charge in [-0.3, -0.25) is 4.79 Å². The first-order valence-electron chi connectivity index (χ1n) is 47.8. The highest BCUT2D eigenvalue weighted by atomic mass is 16.8. The van der Waals surface area contributed by atoms with Crippen molar-refractivity contribution in [2.75, 3.05) is 26.4 Å². The molecule has 3 aliphatic rings. The smallest absolute Gasteiger partial charge is 0.220 e. The van der Waals surface area contributed by atoms with Crippen molar-refractivity contribution in [2.45, 2.75) is 471 Å². The molecule has 0 aromatic rings. The summed E-state index contributed by atoms with van der Waals surface area (Å²) in [4.78, 5) is 13.5. The number of carbonyl (C=O) groups excluding carboxylic acids is 1. The van der Waals surface area contributed by atoms with Gasteiger partial charge in [-0.15, -0.1) is 0 Å². The Hall–Kier alpha value is -3.81. The second kappa shape index (κ2) is 76.8. The number of hydrogen-bond acceptors (Lipinski definition) is 18. The van der Waals surface area contributed by atoms with E-state index in [4.69, 9.17) is 28.4 Å². The molecule has 1 amide bonds. The number of amides is 1. The van der Waals surface area contributed by atoms with E-state index in [2.05, 4.69) is 129 Å². The minimum atomic E-state index is -1.98. The average Bonchev–Trinajstić information content (AvgIpc) is 0.777. The number of ether oxygens (including phenoxy) is 6. The third-order valence-corrected chi connectivity index (χ3v) is 23.0. The molecular formula is C99H173NO18. The van der Waals surface area contributed by atoms with Crippen LogP contribution in [0.2, 0.25) is 0 Å². The van der Waals surface area contributed by atoms with E-state index in [9.17, 15) is 61.0 Å². The first-order chi connectivity index (χ1) is 57.8. The zero-order valence-corrected chi connectivity index (χ0v) is 73.9. The molecule has 0 radical (unpaired) electrons. The van der Waals surface area contributed by atoms with E-state index in [1.54, 1.807) is 6.08 Å². The largest absolute Gasteiger partial charge is 0.394 e. The summed E-state index contributed by atoms with van der Waals surface area (Å²) in [6, 6.07) is -0.983. The molecule has 0 spiro atoms. The van der Waals surface area contributed by atoms with Crippen molar-refractivity contribution in [3.63, 3.8) is 0 Å². The lowest BCUT2D eigenvalue weighted by Gasteiger charge is -2.48. The standard InChI is InChI=1S/C99H173NO18/c1-3-5-7-9-11-13-15-17-19-21-23-25-27-29-31-33-35-37-38-39-40-41-42-43-44-45-47-49-51-53-55-57-59-61-63-65-67-69-71-73-75-77-87(105)100-82(83(104)76-74-72-70-68-66-64-62-60-58-56-54-52-50-48-46-36-34-32-30-28-26-24-22-20-18-16-14-12-10-8-6-4-2)81-113-97-93(111)90(108)95(85(79-102)115-97)118-99-94(112)91(109)96(86(80-103)116-99)117-98-92(110)89(107)88(106)84(78-101)114-98/h5,7,11,13,17,19,23,25,29,31,35,37,39-40,42-43,45,47,74,76,82-86,88-99,101-104,106-112H,3-4,6,8-10,12,14-16,18,20-22,24,26-28,30,32-34,36,38,41,44,46,48-73,75,77-81H2,1-2H3,(H,100,105)/b7-5-,13-11-,19-17-,25-23-,31-29-,37-35-,40-39-,43-42-,47-45-,76-74+. The van der Waals surface area contributed by atoms with Crippen LogP contribution >= 0.6 is 0 Å². The molecule has 19 heteroatoms. The van der Waals surface area contributed by atoms with Crippen LogP contribution < -0.4 is 5.32 Å². The lowest BCUT2D eigenvalue weighted by atomic mass is 9.96. The molecule has 682 valence electrons. The summed E-state index contributed by atoms with van der Waals surface area (Å²) >= 11 is 0. The first kappa shape index (κ1) is 108. The third kappa shape index (κ3) is 54.1. The number of nitrogens with one attached hydrogen (secondary N) is 1. The molecule has 118 heavy (non-hydrogen) atoms. The van der Waals surface area contributed by atoms with Crippen LogP contribution in [0.3, 0.4) is 0 Å². The van der Waals surface area contributed by atoms with Crippen LogP contribution in [0.15, 0.2) is 122 Å². The molecule has 0 saturated carbocycles. The van der Waals surface area contributed by atoms with Gasteiger partial charge in [-0.25, -0.2) is 0 Å². The Morgan fingerprint density at radius 2 is 0.585 bits per heavy atom. The van der Waals surface area contributed by atoms with Crippen molar-refractivity contribution in [2.24, 2.45) is 0 Å². The van der Waals surface area contributed by atoms with Crippen molar-refractivity contribution in [1.29, 1.82) is 0 Å². The zero-order valence-electron chi connectivity index (χ0n) is 73.9. The molecule has 3 saturated heterocycles. The molecule has 19 nitrogen and oxygen atoms in total. The number of hydrogen-bond donors (Lipinski definition) is 12. The Morgan fingerprint density at radius 1 is 0.314 bits per heavy atom. The van der Waals surface area contributed by atoms with E-state index in [0.29, 0.717) is 6.42 Å². The van der Waals surface area contributed by atoms with Gasteiger partial charge in [0.2, 0.25) is 5.91 Å². The van der Waals surface area contributed by atoms with Crippen LogP contribution in [0, 0.1) is 0 Å². The van der Waals surface area contributed by atoms with Crippen LogP contribution in [0.25, 0.3) is 0 Å². The maximum absolute atomic E-state index is 13.5. The van der Waals surface area contributed by atoms with Gasteiger partial charge in [-0.05, 0) is 89.9 Å². The monoisotopic (exact) mass is 1660 g/mol. The van der Waals surface area contributed by atoms with Crippen LogP contribution in [-0.2, 0) is 33.2 Å². The Kier molecular flexibility index (Phi) is 70.5. The number of aliphatic hydroxyl groups excluding tert-OH is 11. The van der Waals surface area contributed by atoms with E-state index in [-0.39, 0.29) is 18.9 Å². The molecule has 0 bridgehead atoms. The predicted octanol–water partition coefficient (Wildman–Crippen LogP) is 19.4. The van der Waals surface area contributed by atoms with Gasteiger partial charge < -0.3 is 89.9 Å². The highest BCUT2D eigenvalue weighted by Gasteiger charge is 2.54. The summed E-state index contributed by atoms with van der Waals surface area (Å²) in [7, 11) is 0. The molecule has 17 atom stereocenters. The average molecular weight is 1670 g/mol. The van der Waals surface area contributed by atoms with Gasteiger partial charge >= 0.3 is 0 Å². The highest BCUT2D eigenvalue weighted by Crippen LogP contribution is 2.34. The van der Waals surface area contributed by atoms with E-state index >= 15 is 0 Å². The maximum Gasteiger partial charge on any atom is 0.220 e. The topological polar surface area (TPSA) is 307 Å². The number of unbranched alkanes of at least 4 members (excludes halogenated alkanes) is 43. The predicted molar refractivity (Wildman–Crippen MR) is 480 cm³/mol. The molecule has 3 heterocycles. The fourth-order valence-corrected chi connectivity index (χ4v) is 15.5. The number of carbonyl (C=O) groups is 1. The molecule has 0 aromatic carbocycles. The van der Waals surface area contributed by atoms with Crippen LogP contribution in [0.4, 0.5) is 0 Å². The lowest BCUT2D eigenvalue weighted by molar-refractivity contribution is -0.379. The van der Waals surface area contributed by atoms with Crippen molar-refractivity contribution in [3.05, 3.63) is 122 Å². The molecule has 3 fully saturated rings. The van der Waals surface area contributed by atoms with Gasteiger partial charge in [0.1, 0.15) is 73.2 Å². The Labute approximate surface area is 716 Å². The molecular weight excluding hydrogens is 1490 g/mol. The van der Waals surface area contributed by atoms with Gasteiger partial charge in [-0.2, -0.15) is 0 Å². The Bertz CT molecular complexity index is 2600. The van der Waals surface area contributed by atoms with Gasteiger partial charge in [0.05, 0.1) is 38.6 Å². The third-order valence-electron chi connectivity index (χ3n) is 23.0. The Morgan fingerprint density at radius 3 is 0.915 bits per heavy atom. The zero-order chi connectivity index (χ0) is 85.2. The normalized spacial score (nSPS) is 24.8. The minimum Gasteiger partial charge on any atom is -0.394 e. The molecule has 3 aliphatic heterocycles. The van der Waals surface area contributed by atoms with Crippen LogP contribution in [0.5, 0.6) is 0 Å². The number of aliphatic hydroxyl groups is 11. The molecule has 0 aromatic heterocycles. The quantitative estimate of drug-likeness (QED) is 0.0199. The van der Waals surface area contributed by atoms with E-state index < -0.39 is 124 Å². The summed E-state index contributed by atoms with van der Waals surface area (Å²) < 4.78 is 34.6. The lowest BCUT2D eigenvalue weighted by Crippen LogP contribution is -2.66. The van der Waals surface area contributed by atoms with Crippen LogP contribution in [-0.4, -0.2) is 193 Å². The second-order valence-corrected chi connectivity index (χ2v) is 33.5. The van der Waals surface area contributed by atoms with Gasteiger partial charge in [0, 0.05) is 6.42 Å². The van der Waals surface area contributed by atoms with Crippen molar-refractivity contribution in [3.8, 4) is 0 Å². The fraction of sp³-hybridized carbons (Fsp3) is 0.788. The molecule has 12 N–H and O–H groups in total. The van der Waals surface area contributed by atoms with Crippen molar-refractivity contribution in [1.82, 2.24) is 5.32 Å². The summed E-state index contributed by atoms with van der Waals surface area (Å²) in [6.07, 6.45) is 83.5. The van der Waals surface area contributed by atoms with Gasteiger partial charge in [0.25, 0.3) is 0 Å². The van der Waals surface area contributed by atoms with E-state index in [1.165, 1.54) is 225 Å².